The lowest BCUT2D eigenvalue weighted by molar-refractivity contribution is 0.342. The van der Waals surface area contributed by atoms with Crippen LogP contribution in [0.25, 0.3) is 0 Å². The minimum absolute atomic E-state index is 0.347. The van der Waals surface area contributed by atoms with Crippen LogP contribution in [0.3, 0.4) is 0 Å². The average molecular weight is 533 g/mol. The van der Waals surface area contributed by atoms with Crippen LogP contribution in [0.4, 0.5) is 0 Å². The monoisotopic (exact) mass is 532 g/mol. The van der Waals surface area contributed by atoms with Gasteiger partial charge in [0, 0.05) is 50.3 Å². The largest absolute Gasteiger partial charge is 0.311 e. The summed E-state index contributed by atoms with van der Waals surface area (Å²) in [5.74, 6) is 0. The van der Waals surface area contributed by atoms with E-state index in [0.29, 0.717) is 24.2 Å². The van der Waals surface area contributed by atoms with Crippen molar-refractivity contribution in [2.45, 2.75) is 49.9 Å². The summed E-state index contributed by atoms with van der Waals surface area (Å²) < 4.78 is 0. The van der Waals surface area contributed by atoms with E-state index >= 15 is 0 Å². The first kappa shape index (κ1) is 28.3. The van der Waals surface area contributed by atoms with Crippen molar-refractivity contribution < 1.29 is 0 Å². The highest BCUT2D eigenvalue weighted by molar-refractivity contribution is 5.19. The lowest BCUT2D eigenvalue weighted by atomic mass is 10.00. The Bertz CT molecular complexity index is 1000. The molecule has 1 aliphatic heterocycles. The predicted molar refractivity (Wildman–Crippen MR) is 168 cm³/mol. The Morgan fingerprint density at radius 2 is 0.525 bits per heavy atom. The van der Waals surface area contributed by atoms with Crippen LogP contribution < -0.4 is 21.3 Å². The van der Waals surface area contributed by atoms with E-state index in [2.05, 4.69) is 143 Å². The molecule has 0 radical (unpaired) electrons. The molecule has 4 aromatic carbocycles. The van der Waals surface area contributed by atoms with Gasteiger partial charge in [-0.1, -0.05) is 121 Å². The molecule has 0 amide bonds. The zero-order valence-electron chi connectivity index (χ0n) is 23.5. The van der Waals surface area contributed by atoms with Gasteiger partial charge in [0.25, 0.3) is 0 Å². The molecule has 5 rings (SSSR count). The number of rotatable bonds is 8. The second kappa shape index (κ2) is 15.5. The smallest absolute Gasteiger partial charge is 0.0233 e. The van der Waals surface area contributed by atoms with Gasteiger partial charge in [-0.25, -0.2) is 0 Å². The molecular weight excluding hydrogens is 488 g/mol. The van der Waals surface area contributed by atoms with Gasteiger partial charge >= 0.3 is 0 Å². The van der Waals surface area contributed by atoms with Gasteiger partial charge in [0.1, 0.15) is 0 Å². The molecule has 40 heavy (non-hydrogen) atoms. The van der Waals surface area contributed by atoms with Crippen molar-refractivity contribution in [1.29, 1.82) is 0 Å². The van der Waals surface area contributed by atoms with Gasteiger partial charge in [-0.3, -0.25) is 0 Å². The van der Waals surface area contributed by atoms with Crippen LogP contribution in [0.2, 0.25) is 0 Å². The maximum absolute atomic E-state index is 3.96. The summed E-state index contributed by atoms with van der Waals surface area (Å²) in [4.78, 5) is 0. The van der Waals surface area contributed by atoms with Crippen LogP contribution in [0.1, 0.15) is 22.3 Å². The van der Waals surface area contributed by atoms with Crippen LogP contribution >= 0.6 is 0 Å². The van der Waals surface area contributed by atoms with Gasteiger partial charge in [-0.05, 0) is 47.9 Å². The Labute approximate surface area is 240 Å². The minimum Gasteiger partial charge on any atom is -0.311 e. The molecule has 0 spiro atoms. The molecule has 4 heteroatoms. The zero-order valence-corrected chi connectivity index (χ0v) is 23.5. The van der Waals surface area contributed by atoms with Gasteiger partial charge in [0.15, 0.2) is 0 Å². The Hall–Kier alpha value is -3.28. The molecule has 0 saturated carbocycles. The summed E-state index contributed by atoms with van der Waals surface area (Å²) >= 11 is 0. The van der Waals surface area contributed by atoms with Crippen LogP contribution in [-0.2, 0) is 25.7 Å². The third-order valence-electron chi connectivity index (χ3n) is 7.91. The van der Waals surface area contributed by atoms with Crippen molar-refractivity contribution in [3.63, 3.8) is 0 Å². The molecule has 4 nitrogen and oxygen atoms in total. The van der Waals surface area contributed by atoms with Crippen molar-refractivity contribution in [3.05, 3.63) is 144 Å². The average Bonchev–Trinajstić information content (AvgIpc) is 3.00. The SMILES string of the molecule is c1ccc(C[C@@H]2CN[C@H](Cc3ccccc3)CN[C@H](Cc3ccccc3)CN[C@H](Cc3ccccc3)CN2)cc1. The van der Waals surface area contributed by atoms with Crippen molar-refractivity contribution in [2.24, 2.45) is 0 Å². The first-order valence-corrected chi connectivity index (χ1v) is 14.9. The summed E-state index contributed by atoms with van der Waals surface area (Å²) in [6.07, 6.45) is 4.03. The molecule has 1 heterocycles. The molecule has 208 valence electrons. The second-order valence-corrected chi connectivity index (χ2v) is 11.2. The standard InChI is InChI=1S/C36H44N4/c1-5-13-29(14-6-1)21-33-25-38-35(23-31-17-9-3-10-18-31)27-40-36(24-32-19-11-4-12-20-32)28-39-34(26-37-33)22-30-15-7-2-8-16-30/h1-20,33-40H,21-28H2/t33-,34-,35-,36-/m1/s1. The second-order valence-electron chi connectivity index (χ2n) is 11.2. The normalized spacial score (nSPS) is 22.6. The van der Waals surface area contributed by atoms with E-state index in [0.717, 1.165) is 51.9 Å². The van der Waals surface area contributed by atoms with E-state index in [1.54, 1.807) is 0 Å². The quantitative estimate of drug-likeness (QED) is 0.263. The van der Waals surface area contributed by atoms with Gasteiger partial charge in [-0.15, -0.1) is 0 Å². The van der Waals surface area contributed by atoms with Gasteiger partial charge in [-0.2, -0.15) is 0 Å². The first-order valence-electron chi connectivity index (χ1n) is 14.9. The summed E-state index contributed by atoms with van der Waals surface area (Å²) in [6.45, 7) is 3.70. The van der Waals surface area contributed by atoms with Gasteiger partial charge in [0.2, 0.25) is 0 Å². The molecule has 4 atom stereocenters. The summed E-state index contributed by atoms with van der Waals surface area (Å²) in [6, 6.07) is 44.9. The molecule has 1 aliphatic rings. The number of nitrogens with one attached hydrogen (secondary N) is 4. The lowest BCUT2D eigenvalue weighted by Gasteiger charge is -2.31. The van der Waals surface area contributed by atoms with Gasteiger partial charge < -0.3 is 21.3 Å². The van der Waals surface area contributed by atoms with Crippen LogP contribution in [0.15, 0.2) is 121 Å². The fraction of sp³-hybridized carbons (Fsp3) is 0.333. The molecule has 0 aliphatic carbocycles. The molecule has 0 bridgehead atoms. The maximum Gasteiger partial charge on any atom is 0.0233 e. The fourth-order valence-electron chi connectivity index (χ4n) is 5.70. The Morgan fingerprint density at radius 1 is 0.325 bits per heavy atom. The molecule has 4 aromatic rings. The van der Waals surface area contributed by atoms with E-state index in [1.165, 1.54) is 22.3 Å². The Kier molecular flexibility index (Phi) is 10.9. The fourth-order valence-corrected chi connectivity index (χ4v) is 5.70. The van der Waals surface area contributed by atoms with E-state index in [4.69, 9.17) is 0 Å². The third-order valence-corrected chi connectivity index (χ3v) is 7.91. The Morgan fingerprint density at radius 3 is 0.725 bits per heavy atom. The summed E-state index contributed by atoms with van der Waals surface area (Å²) in [5.41, 5.74) is 5.51. The van der Waals surface area contributed by atoms with E-state index in [-0.39, 0.29) is 0 Å². The number of benzene rings is 4. The van der Waals surface area contributed by atoms with Crippen LogP contribution in [-0.4, -0.2) is 50.3 Å². The minimum atomic E-state index is 0.347. The topological polar surface area (TPSA) is 48.1 Å². The maximum atomic E-state index is 3.96. The molecule has 1 saturated heterocycles. The van der Waals surface area contributed by atoms with Crippen molar-refractivity contribution in [1.82, 2.24) is 21.3 Å². The molecule has 0 aromatic heterocycles. The summed E-state index contributed by atoms with van der Waals surface area (Å²) in [5, 5.41) is 15.8. The Balaban J connectivity index is 1.34. The van der Waals surface area contributed by atoms with Crippen molar-refractivity contribution in [3.8, 4) is 0 Å². The van der Waals surface area contributed by atoms with Crippen molar-refractivity contribution >= 4 is 0 Å². The van der Waals surface area contributed by atoms with E-state index in [1.807, 2.05) is 0 Å². The predicted octanol–water partition coefficient (Wildman–Crippen LogP) is 4.80. The highest BCUT2D eigenvalue weighted by Crippen LogP contribution is 2.10. The van der Waals surface area contributed by atoms with Gasteiger partial charge in [0.05, 0.1) is 0 Å². The van der Waals surface area contributed by atoms with E-state index < -0.39 is 0 Å². The lowest BCUT2D eigenvalue weighted by Crippen LogP contribution is -2.55. The number of hydrogen-bond acceptors (Lipinski definition) is 4. The zero-order chi connectivity index (χ0) is 27.2. The van der Waals surface area contributed by atoms with Crippen LogP contribution in [0, 0.1) is 0 Å². The summed E-state index contributed by atoms with van der Waals surface area (Å²) in [7, 11) is 0. The highest BCUT2D eigenvalue weighted by atomic mass is 15.1. The van der Waals surface area contributed by atoms with Crippen molar-refractivity contribution in [2.75, 3.05) is 26.2 Å². The molecular formula is C36H44N4. The molecule has 0 unspecified atom stereocenters. The first-order chi connectivity index (χ1) is 19.8. The van der Waals surface area contributed by atoms with Crippen LogP contribution in [0.5, 0.6) is 0 Å². The molecule has 4 N–H and O–H groups in total. The number of hydrogen-bond donors (Lipinski definition) is 4. The van der Waals surface area contributed by atoms with E-state index in [9.17, 15) is 0 Å². The highest BCUT2D eigenvalue weighted by Gasteiger charge is 2.21. The molecule has 1 fully saturated rings. The third kappa shape index (κ3) is 9.42.